The number of ether oxygens (including phenoxy) is 2. The van der Waals surface area contributed by atoms with Crippen molar-refractivity contribution in [2.24, 2.45) is 28.6 Å². The number of hydrogen-bond acceptors (Lipinski definition) is 7. The van der Waals surface area contributed by atoms with Crippen molar-refractivity contribution in [2.45, 2.75) is 95.1 Å². The third-order valence-electron chi connectivity index (χ3n) is 9.98. The maximum absolute atomic E-state index is 17.6. The van der Waals surface area contributed by atoms with E-state index in [0.717, 1.165) is 6.08 Å². The molecule has 0 aliphatic heterocycles. The third-order valence-corrected chi connectivity index (χ3v) is 11.0. The van der Waals surface area contributed by atoms with Gasteiger partial charge in [-0.05, 0) is 49.8 Å². The first-order valence-corrected chi connectivity index (χ1v) is 14.6. The van der Waals surface area contributed by atoms with Gasteiger partial charge in [-0.25, -0.2) is 8.78 Å². The Morgan fingerprint density at radius 3 is 2.49 bits per heavy atom. The lowest BCUT2D eigenvalue weighted by atomic mass is 9.44. The van der Waals surface area contributed by atoms with Crippen LogP contribution in [-0.4, -0.2) is 63.6 Å². The van der Waals surface area contributed by atoms with E-state index >= 15 is 8.78 Å². The quantitative estimate of drug-likeness (QED) is 0.332. The van der Waals surface area contributed by atoms with E-state index in [1.165, 1.54) is 19.1 Å². The first-order valence-electron chi connectivity index (χ1n) is 13.7. The van der Waals surface area contributed by atoms with Crippen LogP contribution in [0, 0.1) is 28.6 Å². The number of carbonyl (C=O) groups is 4. The van der Waals surface area contributed by atoms with Gasteiger partial charge in [-0.15, -0.1) is 0 Å². The molecule has 0 aromatic rings. The van der Waals surface area contributed by atoms with Gasteiger partial charge in [0.25, 0.3) is 0 Å². The average Bonchev–Trinajstić information content (AvgIpc) is 3.09. The van der Waals surface area contributed by atoms with Gasteiger partial charge in [-0.3, -0.25) is 19.2 Å². The zero-order valence-electron chi connectivity index (χ0n) is 23.0. The largest absolute Gasteiger partial charge is 0.457 e. The summed E-state index contributed by atoms with van der Waals surface area (Å²) >= 11 is 3.39. The van der Waals surface area contributed by atoms with Crippen molar-refractivity contribution in [3.63, 3.8) is 0 Å². The molecule has 7 nitrogen and oxygen atoms in total. The normalized spacial score (nSPS) is 44.5. The molecule has 4 rings (SSSR count). The number of halogens is 3. The van der Waals surface area contributed by atoms with Crippen LogP contribution >= 0.6 is 15.9 Å². The summed E-state index contributed by atoms with van der Waals surface area (Å²) < 4.78 is 44.8. The number of ketones is 2. The van der Waals surface area contributed by atoms with E-state index in [4.69, 9.17) is 9.47 Å². The van der Waals surface area contributed by atoms with Gasteiger partial charge in [0, 0.05) is 35.5 Å². The molecular weight excluding hydrogens is 578 g/mol. The smallest absolute Gasteiger partial charge is 0.306 e. The topological polar surface area (TPSA) is 107 Å². The van der Waals surface area contributed by atoms with Crippen molar-refractivity contribution in [1.82, 2.24) is 0 Å². The lowest BCUT2D eigenvalue weighted by Crippen LogP contribution is -2.73. The van der Waals surface area contributed by atoms with Crippen LogP contribution in [-0.2, 0) is 28.7 Å². The number of alkyl halides is 3. The van der Waals surface area contributed by atoms with Crippen LogP contribution in [0.2, 0.25) is 0 Å². The number of aliphatic hydroxyl groups excluding tert-OH is 1. The molecule has 39 heavy (non-hydrogen) atoms. The summed E-state index contributed by atoms with van der Waals surface area (Å²) in [7, 11) is 0. The second kappa shape index (κ2) is 10.2. The van der Waals surface area contributed by atoms with E-state index in [0.29, 0.717) is 6.42 Å². The summed E-state index contributed by atoms with van der Waals surface area (Å²) in [6, 6.07) is 0. The van der Waals surface area contributed by atoms with E-state index in [1.54, 1.807) is 27.7 Å². The Hall–Kier alpha value is -1.94. The molecule has 216 valence electrons. The van der Waals surface area contributed by atoms with Gasteiger partial charge in [0.05, 0.1) is 10.9 Å². The summed E-state index contributed by atoms with van der Waals surface area (Å²) in [5.74, 6) is -4.80. The minimum atomic E-state index is -2.39. The summed E-state index contributed by atoms with van der Waals surface area (Å²) in [4.78, 5) is 49.8. The molecule has 10 atom stereocenters. The number of Topliss-reactive ketones (excluding diaryl/α,β-unsaturated/α-hetero) is 1. The Kier molecular flexibility index (Phi) is 7.82. The Labute approximate surface area is 235 Å². The maximum Gasteiger partial charge on any atom is 0.306 e. The molecule has 0 aromatic carbocycles. The lowest BCUT2D eigenvalue weighted by Gasteiger charge is -2.64. The molecule has 0 radical (unpaired) electrons. The summed E-state index contributed by atoms with van der Waals surface area (Å²) in [6.45, 7) is 7.63. The number of aliphatic hydroxyl groups is 1. The maximum atomic E-state index is 17.6. The molecule has 0 aromatic heterocycles. The Morgan fingerprint density at radius 2 is 1.87 bits per heavy atom. The number of rotatable bonds is 7. The summed E-state index contributed by atoms with van der Waals surface area (Å²) in [5, 5.41) is 11.6. The summed E-state index contributed by atoms with van der Waals surface area (Å²) in [6.07, 6.45) is 0.773. The van der Waals surface area contributed by atoms with Gasteiger partial charge in [0.2, 0.25) is 5.78 Å². The second-order valence-electron chi connectivity index (χ2n) is 12.0. The van der Waals surface area contributed by atoms with E-state index in [-0.39, 0.29) is 31.3 Å². The average molecular weight is 616 g/mol. The Bertz CT molecular complexity index is 1140. The van der Waals surface area contributed by atoms with Crippen molar-refractivity contribution in [3.05, 3.63) is 23.8 Å². The van der Waals surface area contributed by atoms with E-state index < -0.39 is 87.1 Å². The predicted molar refractivity (Wildman–Crippen MR) is 141 cm³/mol. The molecule has 0 saturated heterocycles. The Morgan fingerprint density at radius 1 is 1.21 bits per heavy atom. The van der Waals surface area contributed by atoms with Gasteiger partial charge in [-0.1, -0.05) is 49.7 Å². The van der Waals surface area contributed by atoms with Gasteiger partial charge in [-0.2, -0.15) is 0 Å². The van der Waals surface area contributed by atoms with Crippen molar-refractivity contribution in [2.75, 3.05) is 6.61 Å². The third kappa shape index (κ3) is 4.02. The zero-order valence-corrected chi connectivity index (χ0v) is 24.6. The molecule has 0 amide bonds. The van der Waals surface area contributed by atoms with Crippen LogP contribution in [0.15, 0.2) is 23.8 Å². The van der Waals surface area contributed by atoms with Crippen LogP contribution < -0.4 is 0 Å². The van der Waals surface area contributed by atoms with E-state index in [1.807, 2.05) is 0 Å². The molecule has 1 N–H and O–H groups in total. The molecule has 4 aliphatic rings. The molecule has 0 spiro atoms. The first-order chi connectivity index (χ1) is 18.1. The molecule has 0 unspecified atom stereocenters. The van der Waals surface area contributed by atoms with Gasteiger partial charge in [0.15, 0.2) is 23.7 Å². The summed E-state index contributed by atoms with van der Waals surface area (Å²) in [5.41, 5.74) is -7.16. The van der Waals surface area contributed by atoms with E-state index in [2.05, 4.69) is 15.9 Å². The van der Waals surface area contributed by atoms with Crippen LogP contribution in [0.4, 0.5) is 8.78 Å². The zero-order chi connectivity index (χ0) is 29.1. The van der Waals surface area contributed by atoms with Crippen LogP contribution in [0.5, 0.6) is 0 Å². The molecule has 0 heterocycles. The van der Waals surface area contributed by atoms with Crippen molar-refractivity contribution < 1.29 is 42.5 Å². The molecule has 4 aliphatic carbocycles. The highest BCUT2D eigenvalue weighted by atomic mass is 79.9. The van der Waals surface area contributed by atoms with Crippen molar-refractivity contribution >= 4 is 39.4 Å². The van der Waals surface area contributed by atoms with Crippen LogP contribution in [0.3, 0.4) is 0 Å². The fourth-order valence-electron chi connectivity index (χ4n) is 8.12. The number of hydrogen-bond donors (Lipinski definition) is 1. The minimum Gasteiger partial charge on any atom is -0.457 e. The first kappa shape index (κ1) is 30.0. The standard InChI is InChI=1S/C29H37BrF2O7/c1-6-8-22(37)38-14-20(35)29(39-21(36)7-2)15(3)11-17-23-24(30)25(31)18-12-16(33)9-10-26(18,4)28(23,32)19(34)13-27(17,29)5/h9-10,12,15,17,19,23-25,34H,6-8,11,13-14H2,1-5H3/t15-,17-,19-,23+,24-,25-,26-,27-,28+,29+/m0/s1. The SMILES string of the molecule is CCCC(=O)OCC(=O)[C@]1(OC(=O)CC)[C@@H](C)C[C@H]2[C@@H]3[C@H](Br)[C@@H](F)C4=CC(=O)C=C[C@]4(C)[C@@]3(F)[C@@H](O)C[C@@]21C. The fraction of sp³-hybridized carbons (Fsp3) is 0.724. The van der Waals surface area contributed by atoms with Crippen molar-refractivity contribution in [3.8, 4) is 0 Å². The molecular formula is C29H37BrF2O7. The second-order valence-corrected chi connectivity index (χ2v) is 13.0. The monoisotopic (exact) mass is 614 g/mol. The van der Waals surface area contributed by atoms with Crippen LogP contribution in [0.25, 0.3) is 0 Å². The molecule has 3 fully saturated rings. The fourth-order valence-corrected chi connectivity index (χ4v) is 9.15. The minimum absolute atomic E-state index is 0.0319. The molecule has 10 heteroatoms. The van der Waals surface area contributed by atoms with Gasteiger partial charge < -0.3 is 14.6 Å². The lowest BCUT2D eigenvalue weighted by molar-refractivity contribution is -0.230. The van der Waals surface area contributed by atoms with Gasteiger partial charge >= 0.3 is 11.9 Å². The number of esters is 2. The van der Waals surface area contributed by atoms with Crippen molar-refractivity contribution in [1.29, 1.82) is 0 Å². The molecule has 3 saturated carbocycles. The number of carbonyl (C=O) groups excluding carboxylic acids is 4. The number of allylic oxidation sites excluding steroid dienone is 4. The highest BCUT2D eigenvalue weighted by molar-refractivity contribution is 9.09. The molecule has 0 bridgehead atoms. The predicted octanol–water partition coefficient (Wildman–Crippen LogP) is 4.53. The highest BCUT2D eigenvalue weighted by Gasteiger charge is 2.79. The van der Waals surface area contributed by atoms with E-state index in [9.17, 15) is 24.3 Å². The highest BCUT2D eigenvalue weighted by Crippen LogP contribution is 2.72. The number of fused-ring (bicyclic) bond motifs is 5. The van der Waals surface area contributed by atoms with Gasteiger partial charge in [0.1, 0.15) is 6.17 Å². The van der Waals surface area contributed by atoms with Crippen LogP contribution in [0.1, 0.15) is 66.7 Å². The Balaban J connectivity index is 1.84.